The molecule has 66 valence electrons. The molecule has 0 bridgehead atoms. The largest absolute Gasteiger partial charge is 0.316 e. The first-order chi connectivity index (χ1) is 5.84. The molecule has 0 saturated carbocycles. The van der Waals surface area contributed by atoms with Crippen LogP contribution in [0.25, 0.3) is 0 Å². The van der Waals surface area contributed by atoms with E-state index in [0.717, 1.165) is 0 Å². The van der Waals surface area contributed by atoms with Crippen molar-refractivity contribution < 1.29 is 4.39 Å². The van der Waals surface area contributed by atoms with Gasteiger partial charge in [0.15, 0.2) is 0 Å². The zero-order chi connectivity index (χ0) is 9.40. The van der Waals surface area contributed by atoms with E-state index in [1.54, 1.807) is 19.2 Å². The van der Waals surface area contributed by atoms with Crippen molar-refractivity contribution in [3.05, 3.63) is 48.8 Å². The Morgan fingerprint density at radius 1 is 1.33 bits per heavy atom. The normalized spacial score (nSPS) is 8.50. The van der Waals surface area contributed by atoms with Crippen molar-refractivity contribution in [2.75, 3.05) is 7.05 Å². The van der Waals surface area contributed by atoms with Crippen molar-refractivity contribution in [3.63, 3.8) is 0 Å². The van der Waals surface area contributed by atoms with Gasteiger partial charge in [-0.25, -0.2) is 4.39 Å². The van der Waals surface area contributed by atoms with Crippen LogP contribution in [0, 0.1) is 5.82 Å². The SMILES string of the molecule is C=C.CNCc1ccccc1F. The van der Waals surface area contributed by atoms with Crippen molar-refractivity contribution in [1.82, 2.24) is 5.32 Å². The highest BCUT2D eigenvalue weighted by Gasteiger charge is 1.95. The molecule has 0 spiro atoms. The molecule has 0 aliphatic carbocycles. The van der Waals surface area contributed by atoms with Gasteiger partial charge in [0.25, 0.3) is 0 Å². The predicted molar refractivity (Wildman–Crippen MR) is 50.4 cm³/mol. The summed E-state index contributed by atoms with van der Waals surface area (Å²) in [5.41, 5.74) is 0.713. The van der Waals surface area contributed by atoms with Crippen molar-refractivity contribution in [3.8, 4) is 0 Å². The van der Waals surface area contributed by atoms with Gasteiger partial charge in [-0.05, 0) is 13.1 Å². The predicted octanol–water partition coefficient (Wildman–Crippen LogP) is 2.35. The Morgan fingerprint density at radius 3 is 2.42 bits per heavy atom. The molecule has 0 unspecified atom stereocenters. The third-order valence-electron chi connectivity index (χ3n) is 1.33. The fraction of sp³-hybridized carbons (Fsp3) is 0.200. The highest BCUT2D eigenvalue weighted by atomic mass is 19.1. The Kier molecular flexibility index (Phi) is 5.93. The zero-order valence-corrected chi connectivity index (χ0v) is 7.31. The van der Waals surface area contributed by atoms with E-state index in [-0.39, 0.29) is 5.82 Å². The molecule has 1 aromatic rings. The Labute approximate surface area is 72.9 Å². The summed E-state index contributed by atoms with van der Waals surface area (Å²) in [4.78, 5) is 0. The van der Waals surface area contributed by atoms with Crippen LogP contribution in [0.4, 0.5) is 4.39 Å². The van der Waals surface area contributed by atoms with Crippen LogP contribution in [0.5, 0.6) is 0 Å². The molecular formula is C10H14FN. The van der Waals surface area contributed by atoms with Gasteiger partial charge in [0.05, 0.1) is 0 Å². The molecule has 1 nitrogen and oxygen atoms in total. The number of nitrogens with one attached hydrogen (secondary N) is 1. The average Bonchev–Trinajstić information content (AvgIpc) is 2.13. The fourth-order valence-corrected chi connectivity index (χ4v) is 0.832. The summed E-state index contributed by atoms with van der Waals surface area (Å²) in [6, 6.07) is 6.75. The molecule has 1 rings (SSSR count). The standard InChI is InChI=1S/C8H10FN.C2H4/c1-10-6-7-4-2-3-5-8(7)9;1-2/h2-5,10H,6H2,1H3;1-2H2. The van der Waals surface area contributed by atoms with Gasteiger partial charge in [-0.15, -0.1) is 13.2 Å². The molecule has 12 heavy (non-hydrogen) atoms. The first kappa shape index (κ1) is 10.8. The molecule has 0 radical (unpaired) electrons. The van der Waals surface area contributed by atoms with Gasteiger partial charge in [-0.3, -0.25) is 0 Å². The first-order valence-corrected chi connectivity index (χ1v) is 3.72. The van der Waals surface area contributed by atoms with Gasteiger partial charge >= 0.3 is 0 Å². The van der Waals surface area contributed by atoms with Gasteiger partial charge in [0.1, 0.15) is 5.82 Å². The monoisotopic (exact) mass is 167 g/mol. The highest BCUT2D eigenvalue weighted by molar-refractivity contribution is 5.16. The lowest BCUT2D eigenvalue weighted by Crippen LogP contribution is -2.06. The van der Waals surface area contributed by atoms with E-state index in [4.69, 9.17) is 0 Å². The molecule has 0 fully saturated rings. The molecule has 0 saturated heterocycles. The van der Waals surface area contributed by atoms with Crippen molar-refractivity contribution in [2.24, 2.45) is 0 Å². The zero-order valence-electron chi connectivity index (χ0n) is 7.31. The molecule has 0 aliphatic rings. The van der Waals surface area contributed by atoms with Crippen molar-refractivity contribution in [1.29, 1.82) is 0 Å². The summed E-state index contributed by atoms with van der Waals surface area (Å²) in [5.74, 6) is -0.142. The van der Waals surface area contributed by atoms with Crippen LogP contribution in [0.2, 0.25) is 0 Å². The molecule has 1 aromatic carbocycles. The van der Waals surface area contributed by atoms with Crippen LogP contribution >= 0.6 is 0 Å². The Bertz CT molecular complexity index is 223. The Morgan fingerprint density at radius 2 is 1.92 bits per heavy atom. The second kappa shape index (κ2) is 6.55. The van der Waals surface area contributed by atoms with Crippen LogP contribution in [-0.4, -0.2) is 7.05 Å². The van der Waals surface area contributed by atoms with Gasteiger partial charge in [0.2, 0.25) is 0 Å². The third-order valence-corrected chi connectivity index (χ3v) is 1.33. The lowest BCUT2D eigenvalue weighted by Gasteiger charge is -1.99. The van der Waals surface area contributed by atoms with Crippen molar-refractivity contribution >= 4 is 0 Å². The van der Waals surface area contributed by atoms with Gasteiger partial charge in [0, 0.05) is 12.1 Å². The van der Waals surface area contributed by atoms with Gasteiger partial charge in [-0.1, -0.05) is 18.2 Å². The molecular weight excluding hydrogens is 153 g/mol. The summed E-state index contributed by atoms with van der Waals surface area (Å²) in [7, 11) is 1.80. The molecule has 0 aliphatic heterocycles. The van der Waals surface area contributed by atoms with Crippen LogP contribution in [0.15, 0.2) is 37.4 Å². The van der Waals surface area contributed by atoms with E-state index in [9.17, 15) is 4.39 Å². The maximum Gasteiger partial charge on any atom is 0.127 e. The quantitative estimate of drug-likeness (QED) is 0.667. The third kappa shape index (κ3) is 3.30. The molecule has 0 amide bonds. The second-order valence-corrected chi connectivity index (χ2v) is 2.12. The second-order valence-electron chi connectivity index (χ2n) is 2.12. The smallest absolute Gasteiger partial charge is 0.127 e. The number of benzene rings is 1. The minimum absolute atomic E-state index is 0.142. The van der Waals surface area contributed by atoms with Crippen LogP contribution < -0.4 is 5.32 Å². The number of hydrogen-bond donors (Lipinski definition) is 1. The van der Waals surface area contributed by atoms with E-state index in [1.165, 1.54) is 6.07 Å². The van der Waals surface area contributed by atoms with Crippen LogP contribution in [-0.2, 0) is 6.54 Å². The summed E-state index contributed by atoms with van der Waals surface area (Å²) in [6.45, 7) is 6.59. The van der Waals surface area contributed by atoms with Crippen molar-refractivity contribution in [2.45, 2.75) is 6.54 Å². The maximum absolute atomic E-state index is 12.7. The lowest BCUT2D eigenvalue weighted by molar-refractivity contribution is 0.601. The topological polar surface area (TPSA) is 12.0 Å². The van der Waals surface area contributed by atoms with E-state index >= 15 is 0 Å². The maximum atomic E-state index is 12.7. The van der Waals surface area contributed by atoms with E-state index < -0.39 is 0 Å². The number of halogens is 1. The Hall–Kier alpha value is -1.15. The first-order valence-electron chi connectivity index (χ1n) is 3.72. The van der Waals surface area contributed by atoms with Gasteiger partial charge < -0.3 is 5.32 Å². The summed E-state index contributed by atoms with van der Waals surface area (Å²) in [6.07, 6.45) is 0. The van der Waals surface area contributed by atoms with E-state index in [1.807, 2.05) is 6.07 Å². The lowest BCUT2D eigenvalue weighted by atomic mass is 10.2. The molecule has 0 atom stereocenters. The minimum atomic E-state index is -0.142. The molecule has 1 N–H and O–H groups in total. The molecule has 0 aromatic heterocycles. The average molecular weight is 167 g/mol. The van der Waals surface area contributed by atoms with E-state index in [0.29, 0.717) is 12.1 Å². The summed E-state index contributed by atoms with van der Waals surface area (Å²) in [5, 5.41) is 2.88. The summed E-state index contributed by atoms with van der Waals surface area (Å²) < 4.78 is 12.7. The molecule has 2 heteroatoms. The number of rotatable bonds is 2. The van der Waals surface area contributed by atoms with Crippen LogP contribution in [0.1, 0.15) is 5.56 Å². The Balaban J connectivity index is 0.000000561. The number of hydrogen-bond acceptors (Lipinski definition) is 1. The summed E-state index contributed by atoms with van der Waals surface area (Å²) >= 11 is 0. The fourth-order valence-electron chi connectivity index (χ4n) is 0.832. The van der Waals surface area contributed by atoms with Crippen LogP contribution in [0.3, 0.4) is 0 Å². The van der Waals surface area contributed by atoms with Gasteiger partial charge in [-0.2, -0.15) is 0 Å². The molecule has 0 heterocycles. The van der Waals surface area contributed by atoms with E-state index in [2.05, 4.69) is 18.5 Å². The highest BCUT2D eigenvalue weighted by Crippen LogP contribution is 2.04. The minimum Gasteiger partial charge on any atom is -0.316 e.